The second kappa shape index (κ2) is 6.39. The van der Waals surface area contributed by atoms with Gasteiger partial charge in [-0.1, -0.05) is 5.39 Å². The zero-order valence-corrected chi connectivity index (χ0v) is 11.8. The molecule has 0 aromatic heterocycles. The van der Waals surface area contributed by atoms with E-state index in [-0.39, 0.29) is 17.4 Å². The van der Waals surface area contributed by atoms with E-state index in [1.165, 1.54) is 21.5 Å². The minimum atomic E-state index is 0. The smallest absolute Gasteiger partial charge is 0 e. The van der Waals surface area contributed by atoms with Gasteiger partial charge in [0.15, 0.2) is 0 Å². The van der Waals surface area contributed by atoms with Crippen LogP contribution in [0.3, 0.4) is 0 Å². The molecule has 0 aliphatic rings. The van der Waals surface area contributed by atoms with Crippen LogP contribution in [-0.2, 0) is 17.4 Å². The largest absolute Gasteiger partial charge is 0.642 e. The molecule has 0 amide bonds. The van der Waals surface area contributed by atoms with Crippen molar-refractivity contribution in [1.82, 2.24) is 0 Å². The fraction of sp³-hybridized carbons (Fsp3) is 0. The summed E-state index contributed by atoms with van der Waals surface area (Å²) < 4.78 is 0. The molecule has 19 heavy (non-hydrogen) atoms. The van der Waals surface area contributed by atoms with Gasteiger partial charge >= 0.3 is 0 Å². The quantitative estimate of drug-likeness (QED) is 0.393. The summed E-state index contributed by atoms with van der Waals surface area (Å²) in [6.07, 6.45) is 0. The van der Waals surface area contributed by atoms with Crippen LogP contribution in [0.5, 0.6) is 0 Å². The average Bonchev–Trinajstić information content (AvgIpc) is 3.08. The van der Waals surface area contributed by atoms with Gasteiger partial charge in [0.25, 0.3) is 0 Å². The van der Waals surface area contributed by atoms with Gasteiger partial charge in [-0.15, -0.1) is 35.7 Å². The maximum absolute atomic E-state index is 2.12. The maximum Gasteiger partial charge on any atom is 0 e. The minimum absolute atomic E-state index is 0. The van der Waals surface area contributed by atoms with Gasteiger partial charge in [0.05, 0.1) is 0 Å². The van der Waals surface area contributed by atoms with Crippen molar-refractivity contribution >= 4 is 21.5 Å². The van der Waals surface area contributed by atoms with Gasteiger partial charge in [-0.25, -0.2) is 0 Å². The normalized spacial score (nSPS) is 9.68. The average molecular weight is 282 g/mol. The van der Waals surface area contributed by atoms with Crippen LogP contribution in [0, 0.1) is 0 Å². The third kappa shape index (κ3) is 3.15. The minimum Gasteiger partial charge on any atom is -0.642 e. The van der Waals surface area contributed by atoms with Crippen molar-refractivity contribution in [3.8, 4) is 0 Å². The van der Waals surface area contributed by atoms with Crippen molar-refractivity contribution in [3.05, 3.63) is 84.9 Å². The van der Waals surface area contributed by atoms with Gasteiger partial charge in [0.2, 0.25) is 0 Å². The Morgan fingerprint density at radius 2 is 1.26 bits per heavy atom. The molecule has 0 fully saturated rings. The molecule has 1 heteroatoms. The van der Waals surface area contributed by atoms with Crippen LogP contribution in [0.1, 0.15) is 0 Å². The van der Waals surface area contributed by atoms with Crippen molar-refractivity contribution in [3.63, 3.8) is 0 Å². The van der Waals surface area contributed by atoms with E-state index in [1.807, 2.05) is 0 Å². The Balaban J connectivity index is 0.000000133. The summed E-state index contributed by atoms with van der Waals surface area (Å²) in [5, 5.41) is 5.32. The Labute approximate surface area is 124 Å². The van der Waals surface area contributed by atoms with Crippen LogP contribution < -0.4 is 0 Å². The van der Waals surface area contributed by atoms with E-state index >= 15 is 0 Å². The number of hydrogen-bond acceptors (Lipinski definition) is 0. The van der Waals surface area contributed by atoms with E-state index in [2.05, 4.69) is 84.9 Å². The monoisotopic (exact) mass is 282 g/mol. The number of benzene rings is 2. The zero-order chi connectivity index (χ0) is 12.2. The summed E-state index contributed by atoms with van der Waals surface area (Å²) in [5.74, 6) is 0. The summed E-state index contributed by atoms with van der Waals surface area (Å²) >= 11 is 0. The molecule has 0 saturated heterocycles. The van der Waals surface area contributed by atoms with Gasteiger partial charge < -0.3 is 53.2 Å². The van der Waals surface area contributed by atoms with Gasteiger partial charge in [0.1, 0.15) is 0 Å². The molecular weight excluding hydrogens is 268 g/mol. The molecule has 0 saturated carbocycles. The second-order valence-corrected chi connectivity index (χ2v) is 4.31. The van der Waals surface area contributed by atoms with Crippen LogP contribution in [0.15, 0.2) is 84.9 Å². The third-order valence-electron chi connectivity index (χ3n) is 3.10. The number of hydrogen-bond donors (Lipinski definition) is 0. The van der Waals surface area contributed by atoms with Crippen LogP contribution >= 0.6 is 0 Å². The summed E-state index contributed by atoms with van der Waals surface area (Å²) in [7, 11) is 0. The molecule has 0 unspecified atom stereocenters. The molecule has 4 aromatic rings. The van der Waals surface area contributed by atoms with Crippen molar-refractivity contribution < 1.29 is 17.4 Å². The molecule has 0 spiro atoms. The van der Waals surface area contributed by atoms with E-state index in [1.54, 1.807) is 0 Å². The maximum atomic E-state index is 2.12. The Kier molecular flexibility index (Phi) is 4.58. The molecule has 4 rings (SSSR count). The fourth-order valence-electron chi connectivity index (χ4n) is 2.14. The van der Waals surface area contributed by atoms with E-state index in [0.29, 0.717) is 0 Å². The Morgan fingerprint density at radius 1 is 0.684 bits per heavy atom. The molecule has 0 N–H and O–H groups in total. The van der Waals surface area contributed by atoms with Gasteiger partial charge in [-0.3, -0.25) is 0 Å². The van der Waals surface area contributed by atoms with E-state index in [9.17, 15) is 0 Å². The molecular formula is C18H14Cr-6. The molecule has 0 nitrogen and oxygen atoms in total. The Bertz CT molecular complexity index is 620. The van der Waals surface area contributed by atoms with Crippen LogP contribution in [0.2, 0.25) is 0 Å². The summed E-state index contributed by atoms with van der Waals surface area (Å²) in [4.78, 5) is 0. The first-order valence-electron chi connectivity index (χ1n) is 6.14. The molecule has 0 bridgehead atoms. The first kappa shape index (κ1) is 13.6. The molecule has 98 valence electrons. The van der Waals surface area contributed by atoms with E-state index in [0.717, 1.165) is 0 Å². The zero-order valence-electron chi connectivity index (χ0n) is 10.5. The summed E-state index contributed by atoms with van der Waals surface area (Å²) in [6.45, 7) is 0. The molecule has 0 aliphatic carbocycles. The SMILES string of the molecule is [Cr].c1cc[c-]2[cH-][cH-][cH-][c-]2c1.c1cc[c-]2cccc2c1. The Morgan fingerprint density at radius 3 is 1.95 bits per heavy atom. The third-order valence-corrected chi connectivity index (χ3v) is 3.10. The second-order valence-electron chi connectivity index (χ2n) is 4.31. The number of rotatable bonds is 0. The van der Waals surface area contributed by atoms with Crippen LogP contribution in [0.25, 0.3) is 21.5 Å². The standard InChI is InChI=1S/2C9H7.Cr/c2*1-2-5-9-7-3-6-8(9)4-1;/h2*1-7H;/q-5;-1;. The van der Waals surface area contributed by atoms with Gasteiger partial charge in [-0.2, -0.15) is 12.1 Å². The van der Waals surface area contributed by atoms with Crippen LogP contribution in [0.4, 0.5) is 0 Å². The predicted octanol–water partition coefficient (Wildman–Crippen LogP) is 5.11. The first-order valence-corrected chi connectivity index (χ1v) is 6.14. The first-order chi connectivity index (χ1) is 8.93. The Hall–Kier alpha value is -1.81. The van der Waals surface area contributed by atoms with Gasteiger partial charge in [0, 0.05) is 17.4 Å². The molecule has 0 heterocycles. The molecule has 0 radical (unpaired) electrons. The summed E-state index contributed by atoms with van der Waals surface area (Å²) in [5.41, 5.74) is 0. The predicted molar refractivity (Wildman–Crippen MR) is 79.1 cm³/mol. The fourth-order valence-corrected chi connectivity index (χ4v) is 2.14. The van der Waals surface area contributed by atoms with E-state index in [4.69, 9.17) is 0 Å². The van der Waals surface area contributed by atoms with Crippen molar-refractivity contribution in [2.45, 2.75) is 0 Å². The number of fused-ring (bicyclic) bond motifs is 2. The van der Waals surface area contributed by atoms with Crippen molar-refractivity contribution in [1.29, 1.82) is 0 Å². The van der Waals surface area contributed by atoms with Gasteiger partial charge in [-0.05, 0) is 0 Å². The molecule has 0 aliphatic heterocycles. The van der Waals surface area contributed by atoms with E-state index < -0.39 is 0 Å². The molecule has 4 aromatic carbocycles. The van der Waals surface area contributed by atoms with Crippen molar-refractivity contribution in [2.24, 2.45) is 0 Å². The molecule has 0 atom stereocenters. The van der Waals surface area contributed by atoms with Crippen LogP contribution in [-0.4, -0.2) is 0 Å². The topological polar surface area (TPSA) is 0 Å². The summed E-state index contributed by atoms with van der Waals surface area (Å²) in [6, 6.07) is 29.3. The van der Waals surface area contributed by atoms with Crippen molar-refractivity contribution in [2.75, 3.05) is 0 Å².